The van der Waals surface area contributed by atoms with Crippen LogP contribution in [0.15, 0.2) is 6.07 Å². The normalized spacial score (nSPS) is 14.8. The van der Waals surface area contributed by atoms with Gasteiger partial charge in [-0.3, -0.25) is 4.98 Å². The van der Waals surface area contributed by atoms with Crippen molar-refractivity contribution in [3.05, 3.63) is 23.0 Å². The molecule has 0 radical (unpaired) electrons. The molecule has 1 heterocycles. The molecule has 0 aromatic carbocycles. The topological polar surface area (TPSA) is 42.1 Å². The van der Waals surface area contributed by atoms with Gasteiger partial charge in [0.2, 0.25) is 0 Å². The third kappa shape index (κ3) is 2.75. The predicted molar refractivity (Wildman–Crippen MR) is 75.6 cm³/mol. The Kier molecular flexibility index (Phi) is 3.33. The van der Waals surface area contributed by atoms with Crippen LogP contribution in [0.5, 0.6) is 0 Å². The lowest BCUT2D eigenvalue weighted by Gasteiger charge is -2.23. The molecule has 0 bridgehead atoms. The van der Waals surface area contributed by atoms with Crippen molar-refractivity contribution in [1.82, 2.24) is 4.98 Å². The van der Waals surface area contributed by atoms with Gasteiger partial charge in [0.1, 0.15) is 4.99 Å². The average molecular weight is 249 g/mol. The summed E-state index contributed by atoms with van der Waals surface area (Å²) in [5.41, 5.74) is 9.80. The molecular formula is C13H19N3S. The highest BCUT2D eigenvalue weighted by molar-refractivity contribution is 7.80. The molecule has 2 rings (SSSR count). The second-order valence-corrected chi connectivity index (χ2v) is 5.37. The molecule has 0 spiro atoms. The first-order valence-corrected chi connectivity index (χ1v) is 6.39. The molecule has 0 amide bonds. The van der Waals surface area contributed by atoms with Crippen LogP contribution in [0.4, 0.5) is 5.69 Å². The number of thiocarbonyl (C=S) groups is 1. The van der Waals surface area contributed by atoms with Gasteiger partial charge in [0, 0.05) is 25.0 Å². The minimum atomic E-state index is 0.438. The van der Waals surface area contributed by atoms with E-state index >= 15 is 0 Å². The Hall–Kier alpha value is -1.16. The smallest absolute Gasteiger partial charge is 0.107 e. The number of hydrogen-bond acceptors (Lipinski definition) is 3. The summed E-state index contributed by atoms with van der Waals surface area (Å²) in [4.78, 5) is 7.13. The summed E-state index contributed by atoms with van der Waals surface area (Å²) in [7, 11) is 2.11. The molecule has 1 aliphatic rings. The summed E-state index contributed by atoms with van der Waals surface area (Å²) in [6.07, 6.45) is 2.69. The molecule has 0 saturated heterocycles. The Morgan fingerprint density at radius 3 is 2.71 bits per heavy atom. The van der Waals surface area contributed by atoms with Crippen LogP contribution in [0, 0.1) is 19.8 Å². The molecule has 0 aliphatic heterocycles. The zero-order valence-corrected chi connectivity index (χ0v) is 11.5. The summed E-state index contributed by atoms with van der Waals surface area (Å²) in [6.45, 7) is 5.05. The fourth-order valence-electron chi connectivity index (χ4n) is 2.20. The third-order valence-corrected chi connectivity index (χ3v) is 3.40. The van der Waals surface area contributed by atoms with E-state index in [0.29, 0.717) is 4.99 Å². The highest BCUT2D eigenvalue weighted by atomic mass is 32.1. The highest BCUT2D eigenvalue weighted by Gasteiger charge is 2.24. The van der Waals surface area contributed by atoms with Gasteiger partial charge in [-0.25, -0.2) is 0 Å². The van der Waals surface area contributed by atoms with Gasteiger partial charge >= 0.3 is 0 Å². The summed E-state index contributed by atoms with van der Waals surface area (Å²) in [5.74, 6) is 0.841. The lowest BCUT2D eigenvalue weighted by molar-refractivity contribution is 0.785. The van der Waals surface area contributed by atoms with E-state index in [1.807, 2.05) is 13.8 Å². The van der Waals surface area contributed by atoms with Crippen molar-refractivity contribution in [3.63, 3.8) is 0 Å². The second-order valence-electron chi connectivity index (χ2n) is 4.93. The van der Waals surface area contributed by atoms with Gasteiger partial charge in [0.05, 0.1) is 11.3 Å². The summed E-state index contributed by atoms with van der Waals surface area (Å²) in [5, 5.41) is 0. The van der Waals surface area contributed by atoms with E-state index in [2.05, 4.69) is 23.0 Å². The van der Waals surface area contributed by atoms with E-state index in [1.165, 1.54) is 12.8 Å². The SMILES string of the molecule is Cc1cc(N(C)CC2CC2)c(C(N)=S)c(C)n1. The summed E-state index contributed by atoms with van der Waals surface area (Å²) < 4.78 is 0. The van der Waals surface area contributed by atoms with Gasteiger partial charge < -0.3 is 10.6 Å². The molecule has 4 heteroatoms. The maximum absolute atomic E-state index is 5.81. The minimum Gasteiger partial charge on any atom is -0.389 e. The number of rotatable bonds is 4. The Labute approximate surface area is 108 Å². The average Bonchev–Trinajstić information content (AvgIpc) is 2.99. The quantitative estimate of drug-likeness (QED) is 0.831. The van der Waals surface area contributed by atoms with Gasteiger partial charge in [-0.2, -0.15) is 0 Å². The Morgan fingerprint density at radius 2 is 2.18 bits per heavy atom. The van der Waals surface area contributed by atoms with Crippen LogP contribution in [-0.4, -0.2) is 23.6 Å². The van der Waals surface area contributed by atoms with Crippen LogP contribution in [-0.2, 0) is 0 Å². The molecular weight excluding hydrogens is 230 g/mol. The molecule has 1 fully saturated rings. The minimum absolute atomic E-state index is 0.438. The first kappa shape index (κ1) is 12.3. The van der Waals surface area contributed by atoms with Crippen LogP contribution >= 0.6 is 12.2 Å². The van der Waals surface area contributed by atoms with Crippen molar-refractivity contribution >= 4 is 22.9 Å². The number of pyridine rings is 1. The van der Waals surface area contributed by atoms with Crippen LogP contribution in [0.1, 0.15) is 29.8 Å². The molecule has 0 atom stereocenters. The van der Waals surface area contributed by atoms with E-state index in [-0.39, 0.29) is 0 Å². The monoisotopic (exact) mass is 249 g/mol. The summed E-state index contributed by atoms with van der Waals surface area (Å²) in [6, 6.07) is 2.07. The number of aryl methyl sites for hydroxylation is 2. The maximum Gasteiger partial charge on any atom is 0.107 e. The van der Waals surface area contributed by atoms with Gasteiger partial charge in [-0.15, -0.1) is 0 Å². The number of nitrogens with two attached hydrogens (primary N) is 1. The largest absolute Gasteiger partial charge is 0.389 e. The maximum atomic E-state index is 5.81. The Balaban J connectivity index is 2.38. The molecule has 3 nitrogen and oxygen atoms in total. The zero-order valence-electron chi connectivity index (χ0n) is 10.7. The van der Waals surface area contributed by atoms with Crippen molar-refractivity contribution in [1.29, 1.82) is 0 Å². The van der Waals surface area contributed by atoms with Gasteiger partial charge in [0.25, 0.3) is 0 Å². The fourth-order valence-corrected chi connectivity index (χ4v) is 2.45. The highest BCUT2D eigenvalue weighted by Crippen LogP contribution is 2.32. The molecule has 0 unspecified atom stereocenters. The van der Waals surface area contributed by atoms with Crippen molar-refractivity contribution in [2.45, 2.75) is 26.7 Å². The van der Waals surface area contributed by atoms with Crippen LogP contribution in [0.3, 0.4) is 0 Å². The van der Waals surface area contributed by atoms with E-state index in [9.17, 15) is 0 Å². The Morgan fingerprint density at radius 1 is 1.53 bits per heavy atom. The molecule has 2 N–H and O–H groups in total. The lowest BCUT2D eigenvalue weighted by atomic mass is 10.1. The molecule has 1 aromatic rings. The number of hydrogen-bond donors (Lipinski definition) is 1. The first-order valence-electron chi connectivity index (χ1n) is 5.98. The van der Waals surface area contributed by atoms with Crippen molar-refractivity contribution in [2.24, 2.45) is 11.7 Å². The van der Waals surface area contributed by atoms with E-state index < -0.39 is 0 Å². The lowest BCUT2D eigenvalue weighted by Crippen LogP contribution is -2.25. The van der Waals surface area contributed by atoms with E-state index in [0.717, 1.165) is 35.1 Å². The standard InChI is InChI=1S/C13H19N3S/c1-8-6-11(16(3)7-10-4-5-10)12(13(14)17)9(2)15-8/h6,10H,4-5,7H2,1-3H3,(H2,14,17). The Bertz CT molecular complexity index is 452. The van der Waals surface area contributed by atoms with Crippen molar-refractivity contribution in [3.8, 4) is 0 Å². The van der Waals surface area contributed by atoms with E-state index in [4.69, 9.17) is 18.0 Å². The predicted octanol–water partition coefficient (Wildman–Crippen LogP) is 2.18. The van der Waals surface area contributed by atoms with Crippen LogP contribution < -0.4 is 10.6 Å². The third-order valence-electron chi connectivity index (χ3n) is 3.19. The van der Waals surface area contributed by atoms with Crippen LogP contribution in [0.2, 0.25) is 0 Å². The molecule has 1 saturated carbocycles. The first-order chi connectivity index (χ1) is 7.99. The fraction of sp³-hybridized carbons (Fsp3) is 0.538. The van der Waals surface area contributed by atoms with E-state index in [1.54, 1.807) is 0 Å². The van der Waals surface area contributed by atoms with Gasteiger partial charge in [0.15, 0.2) is 0 Å². The van der Waals surface area contributed by atoms with Crippen molar-refractivity contribution in [2.75, 3.05) is 18.5 Å². The number of aromatic nitrogens is 1. The second kappa shape index (κ2) is 4.61. The molecule has 1 aliphatic carbocycles. The number of anilines is 1. The van der Waals surface area contributed by atoms with Crippen molar-refractivity contribution < 1.29 is 0 Å². The van der Waals surface area contributed by atoms with Crippen LogP contribution in [0.25, 0.3) is 0 Å². The van der Waals surface area contributed by atoms with Gasteiger partial charge in [-0.1, -0.05) is 12.2 Å². The molecule has 92 valence electrons. The molecule has 1 aromatic heterocycles. The van der Waals surface area contributed by atoms with Gasteiger partial charge in [-0.05, 0) is 38.7 Å². The molecule has 17 heavy (non-hydrogen) atoms. The number of nitrogens with zero attached hydrogens (tertiary/aromatic N) is 2. The zero-order chi connectivity index (χ0) is 12.6. The summed E-state index contributed by atoms with van der Waals surface area (Å²) >= 11 is 5.14.